The van der Waals surface area contributed by atoms with Gasteiger partial charge in [-0.15, -0.1) is 0 Å². The molecule has 2 aliphatic rings. The van der Waals surface area contributed by atoms with E-state index < -0.39 is 23.5 Å². The van der Waals surface area contributed by atoms with E-state index in [9.17, 15) is 14.4 Å². The second-order valence-corrected chi connectivity index (χ2v) is 12.1. The molecule has 2 atom stereocenters. The standard InChI is InChI=1S/C33H45N3O8/c1-33(2,3)44-30(37)13-12-28(31(34)38)36-19-27-26(32(36)39)6-5-7-29(27)43-20-24-10-8-23(9-11-24)18-35-14-15-41-21-25(35)22-42-17-16-40-4/h5-11,25,28H,12-22H2,1-4H3,(H2,34,38)/t25?,28-/m0/s1. The van der Waals surface area contributed by atoms with Crippen molar-refractivity contribution in [3.63, 3.8) is 0 Å². The number of primary amides is 1. The fourth-order valence-electron chi connectivity index (χ4n) is 5.36. The molecule has 0 spiro atoms. The zero-order valence-electron chi connectivity index (χ0n) is 26.2. The Morgan fingerprint density at radius 2 is 1.84 bits per heavy atom. The molecule has 44 heavy (non-hydrogen) atoms. The highest BCUT2D eigenvalue weighted by molar-refractivity contribution is 6.01. The Labute approximate surface area is 259 Å². The Balaban J connectivity index is 1.34. The number of hydrogen-bond donors (Lipinski definition) is 1. The molecule has 240 valence electrons. The van der Waals surface area contributed by atoms with E-state index in [1.54, 1.807) is 40.0 Å². The Morgan fingerprint density at radius 1 is 1.09 bits per heavy atom. The van der Waals surface area contributed by atoms with E-state index in [2.05, 4.69) is 17.0 Å². The van der Waals surface area contributed by atoms with Crippen molar-refractivity contribution in [1.82, 2.24) is 9.80 Å². The van der Waals surface area contributed by atoms with E-state index >= 15 is 0 Å². The van der Waals surface area contributed by atoms with Gasteiger partial charge in [0, 0.05) is 37.7 Å². The van der Waals surface area contributed by atoms with E-state index in [4.69, 9.17) is 29.4 Å². The average Bonchev–Trinajstić information content (AvgIpc) is 3.31. The minimum Gasteiger partial charge on any atom is -0.489 e. The van der Waals surface area contributed by atoms with Crippen LogP contribution in [0, 0.1) is 0 Å². The molecule has 2 amide bonds. The Kier molecular flexibility index (Phi) is 11.7. The number of rotatable bonds is 15. The van der Waals surface area contributed by atoms with Gasteiger partial charge < -0.3 is 34.3 Å². The van der Waals surface area contributed by atoms with Gasteiger partial charge in [0.15, 0.2) is 0 Å². The third kappa shape index (κ3) is 9.25. The lowest BCUT2D eigenvalue weighted by atomic mass is 10.1. The molecular weight excluding hydrogens is 566 g/mol. The van der Waals surface area contributed by atoms with Crippen LogP contribution in [0.5, 0.6) is 5.75 Å². The fourth-order valence-corrected chi connectivity index (χ4v) is 5.36. The largest absolute Gasteiger partial charge is 0.489 e. The normalized spacial score (nSPS) is 17.8. The second kappa shape index (κ2) is 15.5. The van der Waals surface area contributed by atoms with E-state index in [1.807, 2.05) is 18.2 Å². The van der Waals surface area contributed by atoms with E-state index in [-0.39, 0.29) is 31.3 Å². The number of ether oxygens (including phenoxy) is 5. The van der Waals surface area contributed by atoms with Crippen LogP contribution in [0.4, 0.5) is 0 Å². The smallest absolute Gasteiger partial charge is 0.306 e. The van der Waals surface area contributed by atoms with Gasteiger partial charge in [0.1, 0.15) is 24.0 Å². The van der Waals surface area contributed by atoms with E-state index in [0.717, 1.165) is 18.7 Å². The van der Waals surface area contributed by atoms with Crippen LogP contribution in [0.15, 0.2) is 42.5 Å². The minimum atomic E-state index is -0.939. The molecule has 2 N–H and O–H groups in total. The van der Waals surface area contributed by atoms with Gasteiger partial charge in [0.05, 0.1) is 45.6 Å². The molecule has 4 rings (SSSR count). The molecule has 1 saturated heterocycles. The fraction of sp³-hybridized carbons (Fsp3) is 0.545. The lowest BCUT2D eigenvalue weighted by Crippen LogP contribution is -2.47. The van der Waals surface area contributed by atoms with Crippen molar-refractivity contribution in [2.75, 3.05) is 46.7 Å². The molecule has 0 radical (unpaired) electrons. The van der Waals surface area contributed by atoms with Crippen molar-refractivity contribution < 1.29 is 38.1 Å². The summed E-state index contributed by atoms with van der Waals surface area (Å²) >= 11 is 0. The average molecular weight is 612 g/mol. The predicted octanol–water partition coefficient (Wildman–Crippen LogP) is 3.06. The highest BCUT2D eigenvalue weighted by atomic mass is 16.6. The van der Waals surface area contributed by atoms with Gasteiger partial charge in [-0.2, -0.15) is 0 Å². The molecule has 0 saturated carbocycles. The number of esters is 1. The third-order valence-corrected chi connectivity index (χ3v) is 7.59. The molecule has 11 nitrogen and oxygen atoms in total. The SMILES string of the molecule is COCCOCC1COCCN1Cc1ccc(COc2cccc3c2CN([C@@H](CCC(=O)OC(C)(C)C)C(N)=O)C3=O)cc1. The van der Waals surface area contributed by atoms with Gasteiger partial charge in [0.25, 0.3) is 5.91 Å². The zero-order valence-corrected chi connectivity index (χ0v) is 26.2. The maximum absolute atomic E-state index is 13.3. The molecule has 0 aromatic heterocycles. The molecule has 1 fully saturated rings. The van der Waals surface area contributed by atoms with Gasteiger partial charge in [-0.25, -0.2) is 0 Å². The molecular formula is C33H45N3O8. The quantitative estimate of drug-likeness (QED) is 0.239. The van der Waals surface area contributed by atoms with E-state index in [1.165, 1.54) is 10.5 Å². The monoisotopic (exact) mass is 611 g/mol. The molecule has 2 heterocycles. The van der Waals surface area contributed by atoms with Crippen molar-refractivity contribution in [2.24, 2.45) is 5.73 Å². The van der Waals surface area contributed by atoms with Gasteiger partial charge in [-0.1, -0.05) is 30.3 Å². The van der Waals surface area contributed by atoms with Crippen molar-refractivity contribution in [1.29, 1.82) is 0 Å². The number of fused-ring (bicyclic) bond motifs is 1. The number of amides is 2. The number of hydrogen-bond acceptors (Lipinski definition) is 9. The van der Waals surface area contributed by atoms with Crippen molar-refractivity contribution in [3.8, 4) is 5.75 Å². The summed E-state index contributed by atoms with van der Waals surface area (Å²) in [4.78, 5) is 41.7. The maximum Gasteiger partial charge on any atom is 0.306 e. The van der Waals surface area contributed by atoms with Crippen LogP contribution < -0.4 is 10.5 Å². The topological polar surface area (TPSA) is 130 Å². The van der Waals surface area contributed by atoms with Crippen LogP contribution in [0.25, 0.3) is 0 Å². The summed E-state index contributed by atoms with van der Waals surface area (Å²) in [6.45, 7) is 10.5. The molecule has 2 aliphatic heterocycles. The molecule has 1 unspecified atom stereocenters. The number of nitrogens with two attached hydrogens (primary N) is 1. The second-order valence-electron chi connectivity index (χ2n) is 12.1. The Bertz CT molecular complexity index is 1280. The van der Waals surface area contributed by atoms with Gasteiger partial charge >= 0.3 is 5.97 Å². The molecule has 11 heteroatoms. The van der Waals surface area contributed by atoms with Crippen LogP contribution in [0.2, 0.25) is 0 Å². The number of carbonyl (C=O) groups is 3. The molecule has 0 aliphatic carbocycles. The minimum absolute atomic E-state index is 0.0291. The van der Waals surface area contributed by atoms with Crippen LogP contribution in [0.1, 0.15) is 60.7 Å². The molecule has 2 aromatic carbocycles. The number of carbonyl (C=O) groups excluding carboxylic acids is 3. The maximum atomic E-state index is 13.3. The van der Waals surface area contributed by atoms with Crippen molar-refractivity contribution in [3.05, 3.63) is 64.7 Å². The summed E-state index contributed by atoms with van der Waals surface area (Å²) < 4.78 is 28.0. The molecule has 0 bridgehead atoms. The van der Waals surface area contributed by atoms with Gasteiger partial charge in [-0.05, 0) is 50.5 Å². The summed E-state index contributed by atoms with van der Waals surface area (Å²) in [7, 11) is 1.66. The first-order valence-corrected chi connectivity index (χ1v) is 15.1. The summed E-state index contributed by atoms with van der Waals surface area (Å²) in [6.07, 6.45) is 0.0528. The van der Waals surface area contributed by atoms with Crippen LogP contribution >= 0.6 is 0 Å². The van der Waals surface area contributed by atoms with Crippen LogP contribution in [-0.2, 0) is 48.2 Å². The van der Waals surface area contributed by atoms with Gasteiger partial charge in [-0.3, -0.25) is 19.3 Å². The number of methoxy groups -OCH3 is 1. The van der Waals surface area contributed by atoms with E-state index in [0.29, 0.717) is 56.5 Å². The summed E-state index contributed by atoms with van der Waals surface area (Å²) in [5.74, 6) is -0.852. The van der Waals surface area contributed by atoms with Crippen LogP contribution in [-0.4, -0.2) is 92.0 Å². The lowest BCUT2D eigenvalue weighted by Gasteiger charge is -2.35. The summed E-state index contributed by atoms with van der Waals surface area (Å²) in [6, 6.07) is 12.8. The van der Waals surface area contributed by atoms with Crippen molar-refractivity contribution in [2.45, 2.75) is 71.0 Å². The number of nitrogens with zero attached hydrogens (tertiary/aromatic N) is 2. The lowest BCUT2D eigenvalue weighted by molar-refractivity contribution is -0.155. The molecule has 2 aromatic rings. The Morgan fingerprint density at radius 3 is 2.55 bits per heavy atom. The first kappa shape index (κ1) is 33.4. The number of morpholine rings is 1. The summed E-state index contributed by atoms with van der Waals surface area (Å²) in [5, 5.41) is 0. The number of benzene rings is 2. The predicted molar refractivity (Wildman–Crippen MR) is 163 cm³/mol. The Hall–Kier alpha value is -3.51. The first-order valence-electron chi connectivity index (χ1n) is 15.1. The highest BCUT2D eigenvalue weighted by Crippen LogP contribution is 2.33. The summed E-state index contributed by atoms with van der Waals surface area (Å²) in [5.41, 5.74) is 8.37. The first-order chi connectivity index (χ1) is 21.1. The van der Waals surface area contributed by atoms with Gasteiger partial charge in [0.2, 0.25) is 5.91 Å². The van der Waals surface area contributed by atoms with Crippen LogP contribution in [0.3, 0.4) is 0 Å². The highest BCUT2D eigenvalue weighted by Gasteiger charge is 2.37. The third-order valence-electron chi connectivity index (χ3n) is 7.59. The van der Waals surface area contributed by atoms with Crippen molar-refractivity contribution >= 4 is 17.8 Å². The zero-order chi connectivity index (χ0) is 31.7.